The molecule has 0 radical (unpaired) electrons. The molecule has 0 atom stereocenters. The maximum Gasteiger partial charge on any atom is 0.234 e. The zero-order valence-electron chi connectivity index (χ0n) is 10.6. The van der Waals surface area contributed by atoms with E-state index in [4.69, 9.17) is 15.0 Å². The zero-order valence-corrected chi connectivity index (χ0v) is 10.6. The lowest BCUT2D eigenvalue weighted by molar-refractivity contribution is 0.0409. The number of nitrogens with two attached hydrogens (primary N) is 1. The fourth-order valence-electron chi connectivity index (χ4n) is 2.31. The highest BCUT2D eigenvalue weighted by atomic mass is 16.5. The molecule has 3 rings (SSSR count). The van der Waals surface area contributed by atoms with Crippen molar-refractivity contribution in [3.63, 3.8) is 0 Å². The average molecular weight is 260 g/mol. The summed E-state index contributed by atoms with van der Waals surface area (Å²) in [6.07, 6.45) is 3.33. The minimum absolute atomic E-state index is 0.252. The van der Waals surface area contributed by atoms with Crippen LogP contribution >= 0.6 is 0 Å². The lowest BCUT2D eigenvalue weighted by atomic mass is 9.80. The van der Waals surface area contributed by atoms with Gasteiger partial charge in [-0.15, -0.1) is 0 Å². The van der Waals surface area contributed by atoms with E-state index < -0.39 is 0 Å². The molecule has 2 aromatic rings. The van der Waals surface area contributed by atoms with Crippen molar-refractivity contribution in [1.29, 1.82) is 0 Å². The summed E-state index contributed by atoms with van der Waals surface area (Å²) < 4.78 is 10.8. The van der Waals surface area contributed by atoms with Gasteiger partial charge >= 0.3 is 0 Å². The summed E-state index contributed by atoms with van der Waals surface area (Å²) in [5, 5.41) is 4.01. The largest absolute Gasteiger partial charge is 0.381 e. The van der Waals surface area contributed by atoms with E-state index in [1.54, 1.807) is 6.20 Å². The molecule has 2 N–H and O–H groups in total. The lowest BCUT2D eigenvalue weighted by Gasteiger charge is -2.32. The molecule has 1 saturated heterocycles. The molecule has 0 amide bonds. The predicted molar refractivity (Wildman–Crippen MR) is 68.3 cm³/mol. The van der Waals surface area contributed by atoms with Crippen LogP contribution in [0.15, 0.2) is 28.9 Å². The van der Waals surface area contributed by atoms with E-state index in [1.807, 2.05) is 18.2 Å². The van der Waals surface area contributed by atoms with Gasteiger partial charge in [0.1, 0.15) is 5.69 Å². The van der Waals surface area contributed by atoms with Gasteiger partial charge in [-0.2, -0.15) is 4.98 Å². The van der Waals surface area contributed by atoms with Crippen LogP contribution in [0.2, 0.25) is 0 Å². The number of ether oxygens (including phenoxy) is 1. The maximum atomic E-state index is 5.92. The normalized spacial score (nSPS) is 18.4. The van der Waals surface area contributed by atoms with Crippen LogP contribution in [-0.4, -0.2) is 34.9 Å². The van der Waals surface area contributed by atoms with Crippen molar-refractivity contribution in [1.82, 2.24) is 15.1 Å². The molecule has 1 aliphatic rings. The summed E-state index contributed by atoms with van der Waals surface area (Å²) in [4.78, 5) is 8.69. The van der Waals surface area contributed by atoms with E-state index in [2.05, 4.69) is 15.1 Å². The second-order valence-corrected chi connectivity index (χ2v) is 4.73. The minimum Gasteiger partial charge on any atom is -0.381 e. The fourth-order valence-corrected chi connectivity index (χ4v) is 2.31. The van der Waals surface area contributed by atoms with Crippen LogP contribution in [-0.2, 0) is 10.2 Å². The third kappa shape index (κ3) is 2.24. The van der Waals surface area contributed by atoms with Gasteiger partial charge in [0.05, 0.1) is 5.41 Å². The molecule has 0 aromatic carbocycles. The average Bonchev–Trinajstić information content (AvgIpc) is 2.99. The smallest absolute Gasteiger partial charge is 0.234 e. The molecule has 2 aromatic heterocycles. The van der Waals surface area contributed by atoms with Crippen molar-refractivity contribution in [3.8, 4) is 11.5 Å². The van der Waals surface area contributed by atoms with Crippen molar-refractivity contribution < 1.29 is 9.26 Å². The first-order valence-electron chi connectivity index (χ1n) is 6.37. The summed E-state index contributed by atoms with van der Waals surface area (Å²) >= 11 is 0. The number of pyridine rings is 1. The second-order valence-electron chi connectivity index (χ2n) is 4.73. The quantitative estimate of drug-likeness (QED) is 0.890. The summed E-state index contributed by atoms with van der Waals surface area (Å²) in [5.74, 6) is 1.11. The Balaban J connectivity index is 1.92. The SMILES string of the molecule is NCC1(c2nc(-c3ccccn3)no2)CCOCC1. The number of nitrogens with zero attached hydrogens (tertiary/aromatic N) is 3. The molecule has 0 bridgehead atoms. The second kappa shape index (κ2) is 5.07. The summed E-state index contributed by atoms with van der Waals surface area (Å²) in [7, 11) is 0. The monoisotopic (exact) mass is 260 g/mol. The fraction of sp³-hybridized carbons (Fsp3) is 0.462. The number of rotatable bonds is 3. The van der Waals surface area contributed by atoms with Gasteiger partial charge in [0.15, 0.2) is 0 Å². The van der Waals surface area contributed by atoms with Crippen molar-refractivity contribution in [2.24, 2.45) is 5.73 Å². The Morgan fingerprint density at radius 1 is 1.26 bits per heavy atom. The Bertz CT molecular complexity index is 535. The van der Waals surface area contributed by atoms with Gasteiger partial charge in [-0.25, -0.2) is 0 Å². The predicted octanol–water partition coefficient (Wildman–Crippen LogP) is 1.14. The Morgan fingerprint density at radius 2 is 2.11 bits per heavy atom. The molecule has 19 heavy (non-hydrogen) atoms. The summed E-state index contributed by atoms with van der Waals surface area (Å²) in [5.41, 5.74) is 6.37. The summed E-state index contributed by atoms with van der Waals surface area (Å²) in [6.45, 7) is 1.84. The number of aromatic nitrogens is 3. The summed E-state index contributed by atoms with van der Waals surface area (Å²) in [6, 6.07) is 5.60. The molecule has 6 heteroatoms. The van der Waals surface area contributed by atoms with Crippen LogP contribution in [0.1, 0.15) is 18.7 Å². The van der Waals surface area contributed by atoms with Crippen LogP contribution in [0.5, 0.6) is 0 Å². The zero-order chi connectivity index (χ0) is 13.1. The number of hydrogen-bond acceptors (Lipinski definition) is 6. The first kappa shape index (κ1) is 12.3. The van der Waals surface area contributed by atoms with Gasteiger partial charge in [-0.3, -0.25) is 4.98 Å². The standard InChI is InChI=1S/C13H16N4O2/c14-9-13(4-7-18-8-5-13)12-16-11(17-19-12)10-3-1-2-6-15-10/h1-3,6H,4-5,7-9,14H2. The first-order valence-corrected chi connectivity index (χ1v) is 6.37. The van der Waals surface area contributed by atoms with E-state index in [1.165, 1.54) is 0 Å². The van der Waals surface area contributed by atoms with Crippen molar-refractivity contribution in [2.75, 3.05) is 19.8 Å². The molecule has 0 spiro atoms. The molecule has 1 fully saturated rings. The highest BCUT2D eigenvalue weighted by Gasteiger charge is 2.38. The van der Waals surface area contributed by atoms with E-state index in [0.29, 0.717) is 37.2 Å². The van der Waals surface area contributed by atoms with Crippen LogP contribution in [0.25, 0.3) is 11.5 Å². The van der Waals surface area contributed by atoms with Gasteiger partial charge < -0.3 is 15.0 Å². The third-order valence-electron chi connectivity index (χ3n) is 3.61. The van der Waals surface area contributed by atoms with Gasteiger partial charge in [0, 0.05) is 26.0 Å². The van der Waals surface area contributed by atoms with E-state index in [9.17, 15) is 0 Å². The Hall–Kier alpha value is -1.79. The molecular weight excluding hydrogens is 244 g/mol. The molecule has 100 valence electrons. The van der Waals surface area contributed by atoms with Gasteiger partial charge in [0.2, 0.25) is 11.7 Å². The highest BCUT2D eigenvalue weighted by molar-refractivity contribution is 5.47. The topological polar surface area (TPSA) is 87.1 Å². The Kier molecular flexibility index (Phi) is 3.27. The van der Waals surface area contributed by atoms with E-state index >= 15 is 0 Å². The first-order chi connectivity index (χ1) is 9.34. The molecule has 0 saturated carbocycles. The van der Waals surface area contributed by atoms with E-state index in [0.717, 1.165) is 12.8 Å². The molecule has 0 unspecified atom stereocenters. The van der Waals surface area contributed by atoms with Crippen molar-refractivity contribution >= 4 is 0 Å². The van der Waals surface area contributed by atoms with Crippen molar-refractivity contribution in [2.45, 2.75) is 18.3 Å². The van der Waals surface area contributed by atoms with Crippen LogP contribution in [0.4, 0.5) is 0 Å². The van der Waals surface area contributed by atoms with Crippen LogP contribution < -0.4 is 5.73 Å². The maximum absolute atomic E-state index is 5.92. The Labute approximate surface area is 111 Å². The molecular formula is C13H16N4O2. The van der Waals surface area contributed by atoms with Crippen LogP contribution in [0.3, 0.4) is 0 Å². The molecule has 1 aliphatic heterocycles. The van der Waals surface area contributed by atoms with Crippen molar-refractivity contribution in [3.05, 3.63) is 30.3 Å². The van der Waals surface area contributed by atoms with Gasteiger partial charge in [0.25, 0.3) is 0 Å². The third-order valence-corrected chi connectivity index (χ3v) is 3.61. The molecule has 6 nitrogen and oxygen atoms in total. The minimum atomic E-state index is -0.252. The van der Waals surface area contributed by atoms with E-state index in [-0.39, 0.29) is 5.41 Å². The van der Waals surface area contributed by atoms with Gasteiger partial charge in [-0.1, -0.05) is 11.2 Å². The van der Waals surface area contributed by atoms with Gasteiger partial charge in [-0.05, 0) is 25.0 Å². The highest BCUT2D eigenvalue weighted by Crippen LogP contribution is 2.33. The molecule has 0 aliphatic carbocycles. The van der Waals surface area contributed by atoms with Crippen LogP contribution in [0, 0.1) is 0 Å². The Morgan fingerprint density at radius 3 is 2.79 bits per heavy atom. The number of hydrogen-bond donors (Lipinski definition) is 1. The molecule has 3 heterocycles. The lowest BCUT2D eigenvalue weighted by Crippen LogP contribution is -2.40.